The molecule has 1 amide bonds. The first-order valence-corrected chi connectivity index (χ1v) is 10.4. The zero-order valence-electron chi connectivity index (χ0n) is 16.5. The lowest BCUT2D eigenvalue weighted by Gasteiger charge is -2.22. The number of halogens is 1. The number of carbonyl (C=O) groups is 1. The molecule has 1 fully saturated rings. The average Bonchev–Trinajstić information content (AvgIpc) is 3.09. The molecular formula is C22H27BrN4O. The number of hydrogen-bond donors (Lipinski definition) is 1. The molecule has 1 aliphatic heterocycles. The van der Waals surface area contributed by atoms with Crippen LogP contribution in [0.3, 0.4) is 0 Å². The van der Waals surface area contributed by atoms with Crippen LogP contribution < -0.4 is 5.32 Å². The molecule has 5 nitrogen and oxygen atoms in total. The van der Waals surface area contributed by atoms with Crippen molar-refractivity contribution in [3.63, 3.8) is 0 Å². The molecule has 2 aromatic carbocycles. The van der Waals surface area contributed by atoms with Gasteiger partial charge in [-0.15, -0.1) is 0 Å². The summed E-state index contributed by atoms with van der Waals surface area (Å²) in [6, 6.07) is 16.7. The van der Waals surface area contributed by atoms with Gasteiger partial charge in [0.2, 0.25) is 5.91 Å². The Morgan fingerprint density at radius 1 is 1.18 bits per heavy atom. The number of aliphatic imine (C=N–C) groups is 1. The summed E-state index contributed by atoms with van der Waals surface area (Å²) in [4.78, 5) is 20.3. The van der Waals surface area contributed by atoms with Gasteiger partial charge in [0.15, 0.2) is 5.96 Å². The van der Waals surface area contributed by atoms with Crippen molar-refractivity contribution >= 4 is 27.8 Å². The highest BCUT2D eigenvalue weighted by molar-refractivity contribution is 9.10. The Kier molecular flexibility index (Phi) is 7.09. The molecular weight excluding hydrogens is 416 g/mol. The molecule has 0 spiro atoms. The van der Waals surface area contributed by atoms with E-state index in [1.165, 1.54) is 16.7 Å². The molecule has 0 aromatic heterocycles. The second-order valence-corrected chi connectivity index (χ2v) is 8.04. The van der Waals surface area contributed by atoms with E-state index in [2.05, 4.69) is 79.7 Å². The second kappa shape index (κ2) is 9.73. The molecule has 1 aliphatic rings. The third-order valence-corrected chi connectivity index (χ3v) is 5.42. The van der Waals surface area contributed by atoms with Crippen LogP contribution in [0.1, 0.15) is 29.5 Å². The highest BCUT2D eigenvalue weighted by Gasteiger charge is 2.19. The summed E-state index contributed by atoms with van der Waals surface area (Å²) in [6.45, 7) is 3.04. The number of amides is 1. The summed E-state index contributed by atoms with van der Waals surface area (Å²) < 4.78 is 1.08. The van der Waals surface area contributed by atoms with E-state index >= 15 is 0 Å². The van der Waals surface area contributed by atoms with Crippen molar-refractivity contribution in [2.24, 2.45) is 4.99 Å². The van der Waals surface area contributed by atoms with E-state index in [0.29, 0.717) is 19.5 Å². The van der Waals surface area contributed by atoms with Gasteiger partial charge in [-0.3, -0.25) is 9.79 Å². The number of rotatable bonds is 6. The van der Waals surface area contributed by atoms with Gasteiger partial charge in [-0.25, -0.2) is 0 Å². The maximum Gasteiger partial charge on any atom is 0.222 e. The highest BCUT2D eigenvalue weighted by atomic mass is 79.9. The lowest BCUT2D eigenvalue weighted by molar-refractivity contribution is -0.128. The van der Waals surface area contributed by atoms with Crippen LogP contribution in [-0.4, -0.2) is 42.3 Å². The van der Waals surface area contributed by atoms with Crippen LogP contribution in [0.4, 0.5) is 0 Å². The zero-order chi connectivity index (χ0) is 19.9. The van der Waals surface area contributed by atoms with Crippen molar-refractivity contribution in [1.29, 1.82) is 0 Å². The Labute approximate surface area is 175 Å². The average molecular weight is 443 g/mol. The first-order chi connectivity index (χ1) is 13.5. The molecule has 0 unspecified atom stereocenters. The summed E-state index contributed by atoms with van der Waals surface area (Å²) in [6.07, 6.45) is 1.66. The fraction of sp³-hybridized carbons (Fsp3) is 0.364. The van der Waals surface area contributed by atoms with Crippen LogP contribution in [0.5, 0.6) is 0 Å². The van der Waals surface area contributed by atoms with Crippen molar-refractivity contribution in [3.8, 4) is 0 Å². The monoisotopic (exact) mass is 442 g/mol. The SMILES string of the molecule is CN=C(NCc1cccc(CN2CCCC2=O)c1)N(C)Cc1ccc(Br)cc1. The van der Waals surface area contributed by atoms with E-state index in [-0.39, 0.29) is 5.91 Å². The summed E-state index contributed by atoms with van der Waals surface area (Å²) in [5, 5.41) is 3.43. The number of likely N-dealkylation sites (tertiary alicyclic amines) is 1. The minimum atomic E-state index is 0.262. The molecule has 3 rings (SSSR count). The smallest absolute Gasteiger partial charge is 0.222 e. The lowest BCUT2D eigenvalue weighted by atomic mass is 10.1. The van der Waals surface area contributed by atoms with Gasteiger partial charge in [0.25, 0.3) is 0 Å². The van der Waals surface area contributed by atoms with Crippen LogP contribution in [0.15, 0.2) is 58.0 Å². The number of nitrogens with zero attached hydrogens (tertiary/aromatic N) is 3. The van der Waals surface area contributed by atoms with Gasteiger partial charge in [-0.2, -0.15) is 0 Å². The molecule has 0 bridgehead atoms. The maximum absolute atomic E-state index is 11.9. The molecule has 0 aliphatic carbocycles. The van der Waals surface area contributed by atoms with Gasteiger partial charge in [-0.1, -0.05) is 52.3 Å². The van der Waals surface area contributed by atoms with Crippen LogP contribution in [0.25, 0.3) is 0 Å². The standard InChI is InChI=1S/C22H27BrN4O/c1-24-22(26(2)15-17-8-10-20(23)11-9-17)25-14-18-5-3-6-19(13-18)16-27-12-4-7-21(27)28/h3,5-6,8-11,13H,4,7,12,14-16H2,1-2H3,(H,24,25). The Balaban J connectivity index is 1.56. The largest absolute Gasteiger partial charge is 0.352 e. The third kappa shape index (κ3) is 5.58. The molecule has 28 heavy (non-hydrogen) atoms. The van der Waals surface area contributed by atoms with E-state index in [4.69, 9.17) is 0 Å². The molecule has 1 N–H and O–H groups in total. The highest BCUT2D eigenvalue weighted by Crippen LogP contribution is 2.15. The first-order valence-electron chi connectivity index (χ1n) is 9.57. The van der Waals surface area contributed by atoms with Gasteiger partial charge in [0.1, 0.15) is 0 Å². The predicted molar refractivity (Wildman–Crippen MR) is 117 cm³/mol. The predicted octanol–water partition coefficient (Wildman–Crippen LogP) is 3.78. The van der Waals surface area contributed by atoms with Crippen molar-refractivity contribution in [2.45, 2.75) is 32.5 Å². The Hall–Kier alpha value is -2.34. The number of benzene rings is 2. The minimum absolute atomic E-state index is 0.262. The van der Waals surface area contributed by atoms with Crippen molar-refractivity contribution in [3.05, 3.63) is 69.7 Å². The van der Waals surface area contributed by atoms with Crippen LogP contribution in [0, 0.1) is 0 Å². The number of hydrogen-bond acceptors (Lipinski definition) is 2. The summed E-state index contributed by atoms with van der Waals surface area (Å²) in [5.41, 5.74) is 3.58. The van der Waals surface area contributed by atoms with Crippen LogP contribution in [-0.2, 0) is 24.4 Å². The maximum atomic E-state index is 11.9. The summed E-state index contributed by atoms with van der Waals surface area (Å²) >= 11 is 3.47. The molecule has 1 heterocycles. The number of carbonyl (C=O) groups excluding carboxylic acids is 1. The lowest BCUT2D eigenvalue weighted by Crippen LogP contribution is -2.38. The Bertz CT molecular complexity index is 835. The molecule has 1 saturated heterocycles. The van der Waals surface area contributed by atoms with E-state index in [1.54, 1.807) is 7.05 Å². The fourth-order valence-electron chi connectivity index (χ4n) is 3.43. The van der Waals surface area contributed by atoms with Gasteiger partial charge in [-0.05, 0) is 35.2 Å². The zero-order valence-corrected chi connectivity index (χ0v) is 18.1. The second-order valence-electron chi connectivity index (χ2n) is 7.12. The fourth-order valence-corrected chi connectivity index (χ4v) is 3.70. The van der Waals surface area contributed by atoms with E-state index in [1.807, 2.05) is 11.9 Å². The first kappa shape index (κ1) is 20.4. The van der Waals surface area contributed by atoms with Crippen molar-refractivity contribution in [2.75, 3.05) is 20.6 Å². The van der Waals surface area contributed by atoms with E-state index in [9.17, 15) is 4.79 Å². The van der Waals surface area contributed by atoms with Gasteiger partial charge >= 0.3 is 0 Å². The van der Waals surface area contributed by atoms with E-state index in [0.717, 1.165) is 29.9 Å². The molecule has 148 valence electrons. The normalized spacial score (nSPS) is 14.5. The molecule has 6 heteroatoms. The quantitative estimate of drug-likeness (QED) is 0.546. The Morgan fingerprint density at radius 2 is 1.93 bits per heavy atom. The van der Waals surface area contributed by atoms with Crippen LogP contribution in [0.2, 0.25) is 0 Å². The summed E-state index contributed by atoms with van der Waals surface area (Å²) in [7, 11) is 3.84. The summed E-state index contributed by atoms with van der Waals surface area (Å²) in [5.74, 6) is 1.11. The number of nitrogens with one attached hydrogen (secondary N) is 1. The third-order valence-electron chi connectivity index (χ3n) is 4.89. The molecule has 0 radical (unpaired) electrons. The van der Waals surface area contributed by atoms with Crippen LogP contribution >= 0.6 is 15.9 Å². The van der Waals surface area contributed by atoms with Gasteiger partial charge in [0, 0.05) is 51.2 Å². The molecule has 0 atom stereocenters. The van der Waals surface area contributed by atoms with Gasteiger partial charge < -0.3 is 15.1 Å². The molecule has 0 saturated carbocycles. The van der Waals surface area contributed by atoms with E-state index < -0.39 is 0 Å². The van der Waals surface area contributed by atoms with Crippen molar-refractivity contribution in [1.82, 2.24) is 15.1 Å². The number of guanidine groups is 1. The minimum Gasteiger partial charge on any atom is -0.352 e. The van der Waals surface area contributed by atoms with Gasteiger partial charge in [0.05, 0.1) is 0 Å². The molecule has 2 aromatic rings. The van der Waals surface area contributed by atoms with Crippen molar-refractivity contribution < 1.29 is 4.79 Å². The Morgan fingerprint density at radius 3 is 2.61 bits per heavy atom. The topological polar surface area (TPSA) is 47.9 Å².